The minimum absolute atomic E-state index is 0.191. The molecule has 2 aromatic carbocycles. The maximum atomic E-state index is 13.4. The predicted molar refractivity (Wildman–Crippen MR) is 89.4 cm³/mol. The summed E-state index contributed by atoms with van der Waals surface area (Å²) in [5, 5.41) is 9.67. The van der Waals surface area contributed by atoms with E-state index in [-0.39, 0.29) is 17.7 Å². The second-order valence-electron chi connectivity index (χ2n) is 6.84. The highest BCUT2D eigenvalue weighted by Gasteiger charge is 2.49. The van der Waals surface area contributed by atoms with E-state index in [1.807, 2.05) is 12.1 Å². The summed E-state index contributed by atoms with van der Waals surface area (Å²) in [4.78, 5) is 26.2. The minimum atomic E-state index is -1.06. The number of hydrogen-bond acceptors (Lipinski definition) is 2. The van der Waals surface area contributed by atoms with Gasteiger partial charge in [0.05, 0.1) is 0 Å². The van der Waals surface area contributed by atoms with Crippen molar-refractivity contribution in [3.8, 4) is 0 Å². The van der Waals surface area contributed by atoms with Gasteiger partial charge in [-0.3, -0.25) is 4.79 Å². The van der Waals surface area contributed by atoms with E-state index in [0.717, 1.165) is 17.7 Å². The molecule has 3 atom stereocenters. The van der Waals surface area contributed by atoms with Crippen LogP contribution in [0.2, 0.25) is 0 Å². The predicted octanol–water partition coefficient (Wildman–Crippen LogP) is 3.28. The number of nitrogens with zero attached hydrogens (tertiary/aromatic N) is 1. The van der Waals surface area contributed by atoms with Crippen molar-refractivity contribution in [2.24, 2.45) is 5.92 Å². The molecule has 3 unspecified atom stereocenters. The van der Waals surface area contributed by atoms with Crippen LogP contribution in [0.1, 0.15) is 35.1 Å². The highest BCUT2D eigenvalue weighted by atomic mass is 19.2. The number of rotatable bonds is 3. The summed E-state index contributed by atoms with van der Waals surface area (Å²) in [6, 6.07) is 9.91. The van der Waals surface area contributed by atoms with Crippen molar-refractivity contribution in [1.82, 2.24) is 4.90 Å². The molecule has 1 N–H and O–H groups in total. The fourth-order valence-corrected chi connectivity index (χ4v) is 3.86. The fourth-order valence-electron chi connectivity index (χ4n) is 3.86. The number of halogens is 2. The van der Waals surface area contributed by atoms with Crippen LogP contribution in [0.5, 0.6) is 0 Å². The largest absolute Gasteiger partial charge is 0.479 e. The Morgan fingerprint density at radius 2 is 1.85 bits per heavy atom. The number of fused-ring (bicyclic) bond motifs is 1. The third-order valence-electron chi connectivity index (χ3n) is 5.28. The maximum Gasteiger partial charge on any atom is 0.331 e. The van der Waals surface area contributed by atoms with Gasteiger partial charge in [0.25, 0.3) is 0 Å². The summed E-state index contributed by atoms with van der Waals surface area (Å²) in [6.07, 6.45) is 1.13. The smallest absolute Gasteiger partial charge is 0.331 e. The normalized spacial score (nSPS) is 24.1. The molecular formula is C20H17F2NO3. The van der Waals surface area contributed by atoms with E-state index >= 15 is 0 Å². The van der Waals surface area contributed by atoms with Crippen molar-refractivity contribution in [2.75, 3.05) is 6.54 Å². The number of carboxylic acid groups (broad SMARTS) is 1. The van der Waals surface area contributed by atoms with Gasteiger partial charge in [-0.1, -0.05) is 30.3 Å². The Morgan fingerprint density at radius 3 is 2.58 bits per heavy atom. The lowest BCUT2D eigenvalue weighted by molar-refractivity contribution is -0.151. The van der Waals surface area contributed by atoms with E-state index in [0.29, 0.717) is 30.5 Å². The van der Waals surface area contributed by atoms with Gasteiger partial charge in [0.1, 0.15) is 0 Å². The third-order valence-corrected chi connectivity index (χ3v) is 5.28. The van der Waals surface area contributed by atoms with Crippen molar-refractivity contribution >= 4 is 11.9 Å². The zero-order valence-corrected chi connectivity index (χ0v) is 13.9. The van der Waals surface area contributed by atoms with Gasteiger partial charge in [-0.2, -0.15) is 0 Å². The van der Waals surface area contributed by atoms with Gasteiger partial charge in [-0.05, 0) is 47.6 Å². The van der Waals surface area contributed by atoms with E-state index < -0.39 is 23.6 Å². The summed E-state index contributed by atoms with van der Waals surface area (Å²) < 4.78 is 26.5. The molecule has 2 aliphatic rings. The zero-order valence-electron chi connectivity index (χ0n) is 13.9. The molecule has 4 nitrogen and oxygen atoms in total. The Labute approximate surface area is 149 Å². The number of benzene rings is 2. The van der Waals surface area contributed by atoms with Gasteiger partial charge < -0.3 is 10.0 Å². The van der Waals surface area contributed by atoms with Crippen molar-refractivity contribution in [3.05, 3.63) is 70.8 Å². The number of hydrogen-bond donors (Lipinski definition) is 1. The Hall–Kier alpha value is -2.76. The first-order valence-electron chi connectivity index (χ1n) is 8.53. The fraction of sp³-hybridized carbons (Fsp3) is 0.300. The molecule has 1 amide bonds. The van der Waals surface area contributed by atoms with Crippen LogP contribution in [0, 0.1) is 17.6 Å². The number of carbonyl (C=O) groups is 2. The summed E-state index contributed by atoms with van der Waals surface area (Å²) in [5.41, 5.74) is 2.16. The topological polar surface area (TPSA) is 57.6 Å². The molecule has 0 saturated heterocycles. The van der Waals surface area contributed by atoms with Gasteiger partial charge in [-0.25, -0.2) is 13.6 Å². The molecule has 6 heteroatoms. The van der Waals surface area contributed by atoms with Crippen LogP contribution in [0.15, 0.2) is 42.5 Å². The minimum Gasteiger partial charge on any atom is -0.479 e. The van der Waals surface area contributed by atoms with Crippen molar-refractivity contribution in [3.63, 3.8) is 0 Å². The molecule has 26 heavy (non-hydrogen) atoms. The average Bonchev–Trinajstić information content (AvgIpc) is 3.43. The van der Waals surface area contributed by atoms with E-state index in [4.69, 9.17) is 0 Å². The lowest BCUT2D eigenvalue weighted by Crippen LogP contribution is -2.44. The molecule has 1 aliphatic carbocycles. The first-order valence-corrected chi connectivity index (χ1v) is 8.53. The molecule has 0 radical (unpaired) electrons. The van der Waals surface area contributed by atoms with Crippen molar-refractivity contribution < 1.29 is 23.5 Å². The first kappa shape index (κ1) is 16.7. The van der Waals surface area contributed by atoms with E-state index in [1.165, 1.54) is 11.0 Å². The quantitative estimate of drug-likeness (QED) is 0.917. The van der Waals surface area contributed by atoms with Crippen LogP contribution in [-0.2, 0) is 16.0 Å². The zero-order chi connectivity index (χ0) is 18.4. The average molecular weight is 357 g/mol. The Bertz CT molecular complexity index is 898. The monoisotopic (exact) mass is 357 g/mol. The second-order valence-corrected chi connectivity index (χ2v) is 6.84. The van der Waals surface area contributed by atoms with Crippen LogP contribution in [-0.4, -0.2) is 28.4 Å². The lowest BCUT2D eigenvalue weighted by Gasteiger charge is -2.35. The molecule has 0 aromatic heterocycles. The van der Waals surface area contributed by atoms with Crippen molar-refractivity contribution in [2.45, 2.75) is 24.8 Å². The Balaban J connectivity index is 1.57. The van der Waals surface area contributed by atoms with E-state index in [1.54, 1.807) is 12.1 Å². The van der Waals surface area contributed by atoms with Crippen LogP contribution < -0.4 is 0 Å². The molecule has 1 fully saturated rings. The molecule has 134 valence electrons. The molecular weight excluding hydrogens is 340 g/mol. The highest BCUT2D eigenvalue weighted by molar-refractivity contribution is 5.89. The van der Waals surface area contributed by atoms with Crippen molar-refractivity contribution in [1.29, 1.82) is 0 Å². The van der Waals surface area contributed by atoms with Gasteiger partial charge in [0.2, 0.25) is 5.91 Å². The maximum absolute atomic E-state index is 13.4. The highest BCUT2D eigenvalue weighted by Crippen LogP contribution is 2.50. The van der Waals surface area contributed by atoms with Crippen LogP contribution in [0.25, 0.3) is 0 Å². The van der Waals surface area contributed by atoms with Crippen LogP contribution >= 0.6 is 0 Å². The number of aliphatic carboxylic acids is 1. The number of carboxylic acids is 1. The van der Waals surface area contributed by atoms with Gasteiger partial charge in [0.15, 0.2) is 17.7 Å². The Kier molecular flexibility index (Phi) is 3.98. The number of carbonyl (C=O) groups excluding carboxylic acids is 1. The Morgan fingerprint density at radius 1 is 1.08 bits per heavy atom. The SMILES string of the molecule is O=C(O)C1c2ccccc2CCN1C(=O)C1CC1c1ccc(F)c(F)c1. The summed E-state index contributed by atoms with van der Waals surface area (Å²) in [6.45, 7) is 0.341. The van der Waals surface area contributed by atoms with Gasteiger partial charge >= 0.3 is 5.97 Å². The third kappa shape index (κ3) is 2.75. The molecule has 1 aliphatic heterocycles. The molecule has 1 heterocycles. The van der Waals surface area contributed by atoms with Crippen LogP contribution in [0.4, 0.5) is 8.78 Å². The van der Waals surface area contributed by atoms with Crippen LogP contribution in [0.3, 0.4) is 0 Å². The second kappa shape index (κ2) is 6.20. The summed E-state index contributed by atoms with van der Waals surface area (Å²) in [5.74, 6) is -3.72. The molecule has 2 aromatic rings. The van der Waals surface area contributed by atoms with E-state index in [9.17, 15) is 23.5 Å². The van der Waals surface area contributed by atoms with E-state index in [2.05, 4.69) is 0 Å². The van der Waals surface area contributed by atoms with Gasteiger partial charge in [-0.15, -0.1) is 0 Å². The molecule has 4 rings (SSSR count). The standard InChI is InChI=1S/C20H17F2NO3/c21-16-6-5-12(9-17(16)22)14-10-15(14)19(24)23-8-7-11-3-1-2-4-13(11)18(23)20(25)26/h1-6,9,14-15,18H,7-8,10H2,(H,25,26). The molecule has 0 spiro atoms. The first-order chi connectivity index (χ1) is 12.5. The number of amides is 1. The van der Waals surface area contributed by atoms with Gasteiger partial charge in [0, 0.05) is 12.5 Å². The molecule has 0 bridgehead atoms. The molecule has 1 saturated carbocycles. The lowest BCUT2D eigenvalue weighted by atomic mass is 9.92. The summed E-state index contributed by atoms with van der Waals surface area (Å²) >= 11 is 0. The summed E-state index contributed by atoms with van der Waals surface area (Å²) in [7, 11) is 0.